The first-order valence-corrected chi connectivity index (χ1v) is 10.2. The van der Waals surface area contributed by atoms with Gasteiger partial charge in [-0.25, -0.2) is 14.4 Å². The van der Waals surface area contributed by atoms with Gasteiger partial charge in [-0.1, -0.05) is 51.1 Å². The number of ether oxygens (including phenoxy) is 4. The monoisotopic (exact) mass is 548 g/mol. The van der Waals surface area contributed by atoms with E-state index < -0.39 is 41.4 Å². The molecule has 1 aliphatic rings. The van der Waals surface area contributed by atoms with E-state index in [2.05, 4.69) is 45.0 Å². The Kier molecular flexibility index (Phi) is 10.2. The zero-order chi connectivity index (χ0) is 22.9. The number of rotatable bonds is 10. The number of alkyl halides is 1. The van der Waals surface area contributed by atoms with Gasteiger partial charge in [0.25, 0.3) is 0 Å². The van der Waals surface area contributed by atoms with Crippen molar-refractivity contribution in [3.8, 4) is 0 Å². The van der Waals surface area contributed by atoms with Gasteiger partial charge in [0.05, 0.1) is 5.57 Å². The van der Waals surface area contributed by atoms with Crippen LogP contribution >= 0.6 is 31.9 Å². The summed E-state index contributed by atoms with van der Waals surface area (Å²) in [5.74, 6) is -2.92. The van der Waals surface area contributed by atoms with Crippen LogP contribution in [0.3, 0.4) is 0 Å². The van der Waals surface area contributed by atoms with Crippen LogP contribution in [-0.4, -0.2) is 54.6 Å². The maximum absolute atomic E-state index is 12.4. The number of hydrogen-bond donors (Lipinski definition) is 0. The average molecular weight is 550 g/mol. The molecule has 10 heteroatoms. The minimum Gasteiger partial charge on any atom is -0.459 e. The minimum atomic E-state index is -1.29. The molecule has 0 heterocycles. The molecule has 0 saturated heterocycles. The lowest BCUT2D eigenvalue weighted by Gasteiger charge is -2.25. The molecule has 0 saturated carbocycles. The molecule has 0 aliphatic heterocycles. The second-order valence-electron chi connectivity index (χ2n) is 6.58. The first-order chi connectivity index (χ1) is 13.9. The topological polar surface area (TPSA) is 105 Å². The summed E-state index contributed by atoms with van der Waals surface area (Å²) in [6.45, 7) is 9.53. The van der Waals surface area contributed by atoms with E-state index >= 15 is 0 Å². The van der Waals surface area contributed by atoms with E-state index in [-0.39, 0.29) is 25.2 Å². The van der Waals surface area contributed by atoms with Crippen LogP contribution in [0.5, 0.6) is 0 Å². The Labute approximate surface area is 191 Å². The van der Waals surface area contributed by atoms with Crippen molar-refractivity contribution in [2.24, 2.45) is 0 Å². The Morgan fingerprint density at radius 2 is 1.43 bits per heavy atom. The fourth-order valence-electron chi connectivity index (χ4n) is 1.94. The van der Waals surface area contributed by atoms with E-state index in [0.717, 1.165) is 0 Å². The number of carbonyl (C=O) groups excluding carboxylic acids is 4. The summed E-state index contributed by atoms with van der Waals surface area (Å²) < 4.78 is 18.6. The van der Waals surface area contributed by atoms with Crippen molar-refractivity contribution in [1.82, 2.24) is 0 Å². The van der Waals surface area contributed by atoms with Crippen molar-refractivity contribution in [1.29, 1.82) is 0 Å². The summed E-state index contributed by atoms with van der Waals surface area (Å²) in [5, 5.41) is 0. The SMILES string of the molecule is C=C(C)COC(=O)COC(=O)C1=C(Br)CC(Br)(C(=O)OCC(=O)OCC(=C)C)C=C1. The highest BCUT2D eigenvalue weighted by atomic mass is 79.9. The van der Waals surface area contributed by atoms with Crippen LogP contribution < -0.4 is 0 Å². The van der Waals surface area contributed by atoms with Crippen molar-refractivity contribution in [3.05, 3.63) is 46.5 Å². The van der Waals surface area contributed by atoms with E-state index in [4.69, 9.17) is 18.9 Å². The van der Waals surface area contributed by atoms with Crippen molar-refractivity contribution in [2.45, 2.75) is 24.6 Å². The molecular formula is C20H22Br2O8. The first kappa shape index (κ1) is 25.8. The molecule has 0 N–H and O–H groups in total. The zero-order valence-electron chi connectivity index (χ0n) is 16.6. The summed E-state index contributed by atoms with van der Waals surface area (Å²) >= 11 is 6.50. The van der Waals surface area contributed by atoms with Gasteiger partial charge in [0.1, 0.15) is 17.5 Å². The molecule has 0 radical (unpaired) electrons. The van der Waals surface area contributed by atoms with Crippen LogP contribution in [0.2, 0.25) is 0 Å². The summed E-state index contributed by atoms with van der Waals surface area (Å²) in [7, 11) is 0. The summed E-state index contributed by atoms with van der Waals surface area (Å²) in [6.07, 6.45) is 2.77. The molecule has 0 bridgehead atoms. The quantitative estimate of drug-likeness (QED) is 0.177. The Balaban J connectivity index is 2.59. The van der Waals surface area contributed by atoms with Gasteiger partial charge >= 0.3 is 23.9 Å². The number of carbonyl (C=O) groups is 4. The largest absolute Gasteiger partial charge is 0.459 e. The van der Waals surface area contributed by atoms with Crippen molar-refractivity contribution < 1.29 is 38.1 Å². The molecule has 0 aromatic heterocycles. The molecule has 1 aliphatic carbocycles. The summed E-state index contributed by atoms with van der Waals surface area (Å²) in [5.41, 5.74) is 1.44. The highest BCUT2D eigenvalue weighted by Crippen LogP contribution is 2.38. The van der Waals surface area contributed by atoms with Crippen LogP contribution in [0.1, 0.15) is 20.3 Å². The van der Waals surface area contributed by atoms with Crippen LogP contribution in [0.15, 0.2) is 46.5 Å². The van der Waals surface area contributed by atoms with E-state index in [9.17, 15) is 19.2 Å². The van der Waals surface area contributed by atoms with Crippen molar-refractivity contribution in [2.75, 3.05) is 26.4 Å². The van der Waals surface area contributed by atoms with Crippen LogP contribution in [0.25, 0.3) is 0 Å². The third-order valence-electron chi connectivity index (χ3n) is 3.38. The van der Waals surface area contributed by atoms with Crippen LogP contribution in [0, 0.1) is 0 Å². The summed E-state index contributed by atoms with van der Waals surface area (Å²) in [4.78, 5) is 47.6. The van der Waals surface area contributed by atoms with E-state index in [1.165, 1.54) is 12.2 Å². The van der Waals surface area contributed by atoms with Crippen molar-refractivity contribution in [3.63, 3.8) is 0 Å². The van der Waals surface area contributed by atoms with Gasteiger partial charge in [-0.05, 0) is 31.1 Å². The normalized spacial score (nSPS) is 17.7. The molecule has 1 rings (SSSR count). The molecule has 0 spiro atoms. The summed E-state index contributed by atoms with van der Waals surface area (Å²) in [6, 6.07) is 0. The Bertz CT molecular complexity index is 812. The Morgan fingerprint density at radius 1 is 0.933 bits per heavy atom. The Morgan fingerprint density at radius 3 is 1.90 bits per heavy atom. The van der Waals surface area contributed by atoms with Crippen LogP contribution in [0.4, 0.5) is 0 Å². The van der Waals surface area contributed by atoms with Gasteiger partial charge in [-0.2, -0.15) is 0 Å². The lowest BCUT2D eigenvalue weighted by molar-refractivity contribution is -0.158. The molecule has 164 valence electrons. The highest BCUT2D eigenvalue weighted by molar-refractivity contribution is 9.12. The first-order valence-electron chi connectivity index (χ1n) is 8.65. The van der Waals surface area contributed by atoms with E-state index in [1.807, 2.05) is 0 Å². The predicted octanol–water partition coefficient (Wildman–Crippen LogP) is 3.05. The number of hydrogen-bond acceptors (Lipinski definition) is 8. The minimum absolute atomic E-state index is 0.0215. The zero-order valence-corrected chi connectivity index (χ0v) is 19.8. The molecule has 0 aromatic carbocycles. The number of halogens is 2. The van der Waals surface area contributed by atoms with Gasteiger partial charge in [0.15, 0.2) is 13.2 Å². The van der Waals surface area contributed by atoms with Gasteiger partial charge in [-0.15, -0.1) is 0 Å². The number of esters is 4. The van der Waals surface area contributed by atoms with E-state index in [1.54, 1.807) is 13.8 Å². The molecule has 0 amide bonds. The molecule has 1 unspecified atom stereocenters. The second-order valence-corrected chi connectivity index (χ2v) is 8.95. The van der Waals surface area contributed by atoms with Gasteiger partial charge in [0.2, 0.25) is 0 Å². The highest BCUT2D eigenvalue weighted by Gasteiger charge is 2.39. The van der Waals surface area contributed by atoms with E-state index in [0.29, 0.717) is 15.6 Å². The van der Waals surface area contributed by atoms with Crippen LogP contribution in [-0.2, 0) is 38.1 Å². The second kappa shape index (κ2) is 11.8. The fraction of sp³-hybridized carbons (Fsp3) is 0.400. The smallest absolute Gasteiger partial charge is 0.344 e. The maximum Gasteiger partial charge on any atom is 0.344 e. The van der Waals surface area contributed by atoms with Gasteiger partial charge in [0, 0.05) is 10.9 Å². The third kappa shape index (κ3) is 8.66. The Hall–Kier alpha value is -2.20. The molecule has 0 fully saturated rings. The third-order valence-corrected chi connectivity index (χ3v) is 4.96. The maximum atomic E-state index is 12.4. The van der Waals surface area contributed by atoms with Gasteiger partial charge < -0.3 is 18.9 Å². The molecule has 8 nitrogen and oxygen atoms in total. The predicted molar refractivity (Wildman–Crippen MR) is 115 cm³/mol. The standard InChI is InChI=1S/C20H22Br2O8/c1-12(2)8-27-16(23)10-29-18(25)14-5-6-20(22,7-15(14)21)19(26)30-11-17(24)28-9-13(3)4/h5-6H,1,3,7-11H2,2,4H3. The molecule has 1 atom stereocenters. The number of allylic oxidation sites excluding steroid dienone is 1. The lowest BCUT2D eigenvalue weighted by Crippen LogP contribution is -2.35. The molecule has 0 aromatic rings. The lowest BCUT2D eigenvalue weighted by atomic mass is 9.96. The molecule has 30 heavy (non-hydrogen) atoms. The van der Waals surface area contributed by atoms with Crippen molar-refractivity contribution >= 4 is 55.7 Å². The molecular weight excluding hydrogens is 528 g/mol. The fourth-order valence-corrected chi connectivity index (χ4v) is 3.58. The average Bonchev–Trinajstić information content (AvgIpc) is 2.66. The van der Waals surface area contributed by atoms with Gasteiger partial charge in [-0.3, -0.25) is 4.79 Å².